The zero-order valence-corrected chi connectivity index (χ0v) is 10.5. The van der Waals surface area contributed by atoms with Crippen molar-refractivity contribution < 1.29 is 14.6 Å². The number of carbonyl (C=O) groups excluding carboxylic acids is 1. The van der Waals surface area contributed by atoms with Crippen LogP contribution < -0.4 is 5.32 Å². The molecule has 1 fully saturated rings. The highest BCUT2D eigenvalue weighted by Crippen LogP contribution is 2.22. The molecule has 0 bridgehead atoms. The number of carbonyl (C=O) groups is 1. The van der Waals surface area contributed by atoms with Crippen LogP contribution >= 0.6 is 0 Å². The van der Waals surface area contributed by atoms with Crippen LogP contribution in [0.5, 0.6) is 0 Å². The largest absolute Gasteiger partial charge is 0.394 e. The van der Waals surface area contributed by atoms with Crippen molar-refractivity contribution in [2.45, 2.75) is 51.7 Å². The van der Waals surface area contributed by atoms with Crippen molar-refractivity contribution >= 4 is 5.91 Å². The van der Waals surface area contributed by atoms with Gasteiger partial charge in [0, 0.05) is 6.61 Å². The molecule has 2 unspecified atom stereocenters. The monoisotopic (exact) mass is 229 g/mol. The molecule has 0 aromatic heterocycles. The summed E-state index contributed by atoms with van der Waals surface area (Å²) in [5.74, 6) is 0.188. The van der Waals surface area contributed by atoms with E-state index < -0.39 is 5.54 Å². The summed E-state index contributed by atoms with van der Waals surface area (Å²) in [5, 5.41) is 12.3. The summed E-state index contributed by atoms with van der Waals surface area (Å²) in [5.41, 5.74) is -0.483. The molecule has 2 atom stereocenters. The second-order valence-corrected chi connectivity index (χ2v) is 4.69. The highest BCUT2D eigenvalue weighted by atomic mass is 16.5. The molecule has 0 spiro atoms. The Kier molecular flexibility index (Phi) is 4.74. The van der Waals surface area contributed by atoms with Crippen molar-refractivity contribution in [1.29, 1.82) is 0 Å². The minimum atomic E-state index is -0.483. The predicted octanol–water partition coefficient (Wildman–Crippen LogP) is 1.08. The summed E-state index contributed by atoms with van der Waals surface area (Å²) >= 11 is 0. The van der Waals surface area contributed by atoms with E-state index in [9.17, 15) is 9.90 Å². The van der Waals surface area contributed by atoms with Crippen LogP contribution in [0.25, 0.3) is 0 Å². The third-order valence-electron chi connectivity index (χ3n) is 3.69. The van der Waals surface area contributed by atoms with E-state index in [-0.39, 0.29) is 24.5 Å². The number of hydrogen-bond acceptors (Lipinski definition) is 3. The van der Waals surface area contributed by atoms with Crippen molar-refractivity contribution in [3.63, 3.8) is 0 Å². The quantitative estimate of drug-likeness (QED) is 0.741. The lowest BCUT2D eigenvalue weighted by molar-refractivity contribution is -0.134. The number of nitrogens with one attached hydrogen (secondary N) is 1. The van der Waals surface area contributed by atoms with E-state index in [1.807, 2.05) is 20.8 Å². The van der Waals surface area contributed by atoms with Gasteiger partial charge in [0.15, 0.2) is 0 Å². The topological polar surface area (TPSA) is 58.6 Å². The van der Waals surface area contributed by atoms with Gasteiger partial charge in [-0.05, 0) is 25.2 Å². The van der Waals surface area contributed by atoms with Gasteiger partial charge in [0.1, 0.15) is 6.10 Å². The summed E-state index contributed by atoms with van der Waals surface area (Å²) in [6.07, 6.45) is 2.05. The number of rotatable bonds is 5. The molecule has 0 aliphatic carbocycles. The third-order valence-corrected chi connectivity index (χ3v) is 3.69. The zero-order valence-electron chi connectivity index (χ0n) is 10.5. The lowest BCUT2D eigenvalue weighted by Gasteiger charge is -2.32. The normalized spacial score (nSPS) is 25.8. The Morgan fingerprint density at radius 3 is 2.50 bits per heavy atom. The molecule has 1 saturated heterocycles. The summed E-state index contributed by atoms with van der Waals surface area (Å²) in [4.78, 5) is 12.0. The first kappa shape index (κ1) is 13.5. The van der Waals surface area contributed by atoms with E-state index in [0.717, 1.165) is 19.3 Å². The summed E-state index contributed by atoms with van der Waals surface area (Å²) in [7, 11) is 0. The van der Waals surface area contributed by atoms with Crippen molar-refractivity contribution in [2.24, 2.45) is 5.92 Å². The van der Waals surface area contributed by atoms with Crippen LogP contribution in [0.15, 0.2) is 0 Å². The van der Waals surface area contributed by atoms with Gasteiger partial charge in [-0.15, -0.1) is 0 Å². The number of amides is 1. The lowest BCUT2D eigenvalue weighted by Crippen LogP contribution is -2.54. The standard InChI is InChI=1S/C12H23NO3/c1-4-12(5-2,8-14)13-11(15)10-9(3)6-7-16-10/h9-10,14H,4-8H2,1-3H3,(H,13,15). The van der Waals surface area contributed by atoms with E-state index in [2.05, 4.69) is 5.32 Å². The molecule has 4 nitrogen and oxygen atoms in total. The zero-order chi connectivity index (χ0) is 12.2. The maximum absolute atomic E-state index is 12.0. The lowest BCUT2D eigenvalue weighted by atomic mass is 9.92. The van der Waals surface area contributed by atoms with Crippen LogP contribution in [-0.2, 0) is 9.53 Å². The Hall–Kier alpha value is -0.610. The van der Waals surface area contributed by atoms with Crippen LogP contribution in [-0.4, -0.2) is 35.9 Å². The Morgan fingerprint density at radius 2 is 2.12 bits per heavy atom. The van der Waals surface area contributed by atoms with Crippen LogP contribution in [0.4, 0.5) is 0 Å². The van der Waals surface area contributed by atoms with Gasteiger partial charge >= 0.3 is 0 Å². The maximum Gasteiger partial charge on any atom is 0.249 e. The van der Waals surface area contributed by atoms with Gasteiger partial charge in [0.05, 0.1) is 12.1 Å². The number of aliphatic hydroxyl groups excluding tert-OH is 1. The fourth-order valence-electron chi connectivity index (χ4n) is 2.05. The van der Waals surface area contributed by atoms with Crippen LogP contribution in [0, 0.1) is 5.92 Å². The first-order valence-electron chi connectivity index (χ1n) is 6.13. The summed E-state index contributed by atoms with van der Waals surface area (Å²) in [6, 6.07) is 0. The molecule has 1 aliphatic rings. The fourth-order valence-corrected chi connectivity index (χ4v) is 2.05. The molecule has 1 rings (SSSR count). The van der Waals surface area contributed by atoms with Crippen molar-refractivity contribution in [3.8, 4) is 0 Å². The molecule has 4 heteroatoms. The SMILES string of the molecule is CCC(CC)(CO)NC(=O)C1OCCC1C. The van der Waals surface area contributed by atoms with Gasteiger partial charge in [-0.1, -0.05) is 20.8 Å². The highest BCUT2D eigenvalue weighted by Gasteiger charge is 2.35. The molecular formula is C12H23NO3. The molecule has 1 heterocycles. The van der Waals surface area contributed by atoms with E-state index in [1.165, 1.54) is 0 Å². The molecular weight excluding hydrogens is 206 g/mol. The van der Waals surface area contributed by atoms with Gasteiger partial charge < -0.3 is 15.2 Å². The molecule has 0 aromatic carbocycles. The van der Waals surface area contributed by atoms with Crippen molar-refractivity contribution in [2.75, 3.05) is 13.2 Å². The molecule has 16 heavy (non-hydrogen) atoms. The summed E-state index contributed by atoms with van der Waals surface area (Å²) in [6.45, 7) is 6.60. The minimum Gasteiger partial charge on any atom is -0.394 e. The molecule has 1 amide bonds. The van der Waals surface area contributed by atoms with E-state index in [0.29, 0.717) is 6.61 Å². The van der Waals surface area contributed by atoms with Crippen molar-refractivity contribution in [1.82, 2.24) is 5.32 Å². The average Bonchev–Trinajstić information content (AvgIpc) is 2.72. The first-order chi connectivity index (χ1) is 7.58. The Morgan fingerprint density at radius 1 is 1.50 bits per heavy atom. The van der Waals surface area contributed by atoms with Crippen molar-refractivity contribution in [3.05, 3.63) is 0 Å². The Balaban J connectivity index is 2.61. The average molecular weight is 229 g/mol. The van der Waals surface area contributed by atoms with Crippen LogP contribution in [0.2, 0.25) is 0 Å². The van der Waals surface area contributed by atoms with Gasteiger partial charge in [0.2, 0.25) is 5.91 Å². The van der Waals surface area contributed by atoms with Crippen LogP contribution in [0.3, 0.4) is 0 Å². The molecule has 0 radical (unpaired) electrons. The maximum atomic E-state index is 12.0. The fraction of sp³-hybridized carbons (Fsp3) is 0.917. The molecule has 0 saturated carbocycles. The third kappa shape index (κ3) is 2.74. The van der Waals surface area contributed by atoms with Gasteiger partial charge in [-0.2, -0.15) is 0 Å². The molecule has 2 N–H and O–H groups in total. The molecule has 1 aliphatic heterocycles. The number of hydrogen-bond donors (Lipinski definition) is 2. The highest BCUT2D eigenvalue weighted by molar-refractivity contribution is 5.82. The number of aliphatic hydroxyl groups is 1. The predicted molar refractivity (Wildman–Crippen MR) is 62.1 cm³/mol. The smallest absolute Gasteiger partial charge is 0.249 e. The van der Waals surface area contributed by atoms with E-state index in [1.54, 1.807) is 0 Å². The first-order valence-corrected chi connectivity index (χ1v) is 6.13. The molecule has 94 valence electrons. The van der Waals surface area contributed by atoms with E-state index in [4.69, 9.17) is 4.74 Å². The summed E-state index contributed by atoms with van der Waals surface area (Å²) < 4.78 is 5.41. The number of ether oxygens (including phenoxy) is 1. The second-order valence-electron chi connectivity index (χ2n) is 4.69. The minimum absolute atomic E-state index is 0.0210. The van der Waals surface area contributed by atoms with Gasteiger partial charge in [-0.3, -0.25) is 4.79 Å². The van der Waals surface area contributed by atoms with Crippen LogP contribution in [0.1, 0.15) is 40.0 Å². The second kappa shape index (κ2) is 5.64. The molecule has 0 aromatic rings. The Bertz CT molecular complexity index is 230. The van der Waals surface area contributed by atoms with Gasteiger partial charge in [0.25, 0.3) is 0 Å². The van der Waals surface area contributed by atoms with E-state index >= 15 is 0 Å². The van der Waals surface area contributed by atoms with Gasteiger partial charge in [-0.25, -0.2) is 0 Å². The Labute approximate surface area is 97.4 Å².